The van der Waals surface area contributed by atoms with Crippen LogP contribution in [0.3, 0.4) is 0 Å². The summed E-state index contributed by atoms with van der Waals surface area (Å²) in [6.07, 6.45) is 2.04. The van der Waals surface area contributed by atoms with Gasteiger partial charge in [-0.3, -0.25) is 0 Å². The average molecular weight is 295 g/mol. The van der Waals surface area contributed by atoms with E-state index >= 15 is 0 Å². The zero-order valence-electron chi connectivity index (χ0n) is 9.98. The minimum absolute atomic E-state index is 0.498. The van der Waals surface area contributed by atoms with Gasteiger partial charge in [-0.15, -0.1) is 0 Å². The first-order chi connectivity index (χ1) is 8.19. The number of hydrogen-bond donors (Lipinski definition) is 0. The highest BCUT2D eigenvalue weighted by atomic mass is 79.9. The molecule has 0 N–H and O–H groups in total. The molecule has 0 unspecified atom stereocenters. The van der Waals surface area contributed by atoms with Crippen molar-refractivity contribution < 1.29 is 4.74 Å². The zero-order valence-corrected chi connectivity index (χ0v) is 11.6. The minimum atomic E-state index is 0.498. The second-order valence-corrected chi connectivity index (χ2v) is 4.75. The molecule has 4 heteroatoms. The van der Waals surface area contributed by atoms with Crippen LogP contribution in [0, 0.1) is 6.92 Å². The lowest BCUT2D eigenvalue weighted by Gasteiger charge is -2.07. The molecule has 2 rings (SSSR count). The summed E-state index contributed by atoms with van der Waals surface area (Å²) in [5.74, 6) is 1.81. The summed E-state index contributed by atoms with van der Waals surface area (Å²) in [6.45, 7) is 5.51. The van der Waals surface area contributed by atoms with Crippen LogP contribution in [-0.4, -0.2) is 9.55 Å². The number of nitrogens with zero attached hydrogens (tertiary/aromatic N) is 2. The van der Waals surface area contributed by atoms with Gasteiger partial charge in [0, 0.05) is 17.2 Å². The highest BCUT2D eigenvalue weighted by molar-refractivity contribution is 9.10. The summed E-state index contributed by atoms with van der Waals surface area (Å²) >= 11 is 3.42. The Morgan fingerprint density at radius 1 is 1.41 bits per heavy atom. The largest absolute Gasteiger partial charge is 0.486 e. The Hall–Kier alpha value is -1.29. The van der Waals surface area contributed by atoms with E-state index in [0.717, 1.165) is 28.3 Å². The molecule has 0 saturated carbocycles. The van der Waals surface area contributed by atoms with E-state index in [0.29, 0.717) is 6.61 Å². The van der Waals surface area contributed by atoms with Gasteiger partial charge in [0.05, 0.1) is 5.69 Å². The molecule has 0 aliphatic heterocycles. The number of hydrogen-bond acceptors (Lipinski definition) is 2. The maximum Gasteiger partial charge on any atom is 0.147 e. The van der Waals surface area contributed by atoms with E-state index in [1.807, 2.05) is 37.4 Å². The minimum Gasteiger partial charge on any atom is -0.486 e. The van der Waals surface area contributed by atoms with E-state index in [4.69, 9.17) is 4.74 Å². The van der Waals surface area contributed by atoms with Crippen LogP contribution in [-0.2, 0) is 13.2 Å². The smallest absolute Gasteiger partial charge is 0.147 e. The first kappa shape index (κ1) is 12.2. The Bertz CT molecular complexity index is 508. The predicted molar refractivity (Wildman–Crippen MR) is 71.1 cm³/mol. The van der Waals surface area contributed by atoms with E-state index in [2.05, 4.69) is 32.4 Å². The maximum absolute atomic E-state index is 5.72. The standard InChI is InChI=1S/C13H15BrN2O/c1-3-16-8-10(2)15-13(16)9-17-12-6-4-5-11(14)7-12/h4-8H,3,9H2,1-2H3. The number of rotatable bonds is 4. The van der Waals surface area contributed by atoms with Gasteiger partial charge < -0.3 is 9.30 Å². The molecule has 0 aliphatic rings. The van der Waals surface area contributed by atoms with Crippen molar-refractivity contribution >= 4 is 15.9 Å². The number of aryl methyl sites for hydroxylation is 2. The quantitative estimate of drug-likeness (QED) is 0.862. The SMILES string of the molecule is CCn1cc(C)nc1COc1cccc(Br)c1. The number of ether oxygens (including phenoxy) is 1. The van der Waals surface area contributed by atoms with Gasteiger partial charge in [0.15, 0.2) is 0 Å². The Balaban J connectivity index is 2.06. The lowest BCUT2D eigenvalue weighted by atomic mass is 10.3. The van der Waals surface area contributed by atoms with Gasteiger partial charge in [0.1, 0.15) is 18.2 Å². The second kappa shape index (κ2) is 5.36. The van der Waals surface area contributed by atoms with Crippen molar-refractivity contribution in [1.82, 2.24) is 9.55 Å². The van der Waals surface area contributed by atoms with Crippen LogP contribution in [0.2, 0.25) is 0 Å². The number of aromatic nitrogens is 2. The molecule has 90 valence electrons. The van der Waals surface area contributed by atoms with Crippen LogP contribution in [0.1, 0.15) is 18.4 Å². The van der Waals surface area contributed by atoms with Gasteiger partial charge in [0.2, 0.25) is 0 Å². The number of benzene rings is 1. The van der Waals surface area contributed by atoms with Crippen LogP contribution in [0.4, 0.5) is 0 Å². The fourth-order valence-electron chi connectivity index (χ4n) is 1.69. The average Bonchev–Trinajstić information content (AvgIpc) is 2.67. The molecular weight excluding hydrogens is 280 g/mol. The Morgan fingerprint density at radius 2 is 2.24 bits per heavy atom. The third-order valence-electron chi connectivity index (χ3n) is 2.48. The van der Waals surface area contributed by atoms with Gasteiger partial charge in [-0.25, -0.2) is 4.98 Å². The first-order valence-electron chi connectivity index (χ1n) is 5.60. The molecule has 0 bridgehead atoms. The van der Waals surface area contributed by atoms with Crippen molar-refractivity contribution in [2.24, 2.45) is 0 Å². The predicted octanol–water partition coefficient (Wildman–Crippen LogP) is 3.55. The molecule has 1 aromatic carbocycles. The van der Waals surface area contributed by atoms with Crippen LogP contribution in [0.5, 0.6) is 5.75 Å². The first-order valence-corrected chi connectivity index (χ1v) is 6.39. The summed E-state index contributed by atoms with van der Waals surface area (Å²) in [5.41, 5.74) is 1.03. The lowest BCUT2D eigenvalue weighted by molar-refractivity contribution is 0.289. The number of imidazole rings is 1. The molecule has 1 heterocycles. The Kier molecular flexibility index (Phi) is 3.84. The monoisotopic (exact) mass is 294 g/mol. The van der Waals surface area contributed by atoms with Gasteiger partial charge in [-0.2, -0.15) is 0 Å². The van der Waals surface area contributed by atoms with Gasteiger partial charge >= 0.3 is 0 Å². The molecule has 0 atom stereocenters. The van der Waals surface area contributed by atoms with Crippen LogP contribution < -0.4 is 4.74 Å². The molecule has 0 spiro atoms. The molecule has 0 amide bonds. The van der Waals surface area contributed by atoms with E-state index < -0.39 is 0 Å². The van der Waals surface area contributed by atoms with Crippen LogP contribution in [0.15, 0.2) is 34.9 Å². The third kappa shape index (κ3) is 3.09. The van der Waals surface area contributed by atoms with E-state index in [1.54, 1.807) is 0 Å². The molecule has 1 aromatic heterocycles. The summed E-state index contributed by atoms with van der Waals surface area (Å²) in [5, 5.41) is 0. The molecule has 0 saturated heterocycles. The third-order valence-corrected chi connectivity index (χ3v) is 2.98. The van der Waals surface area contributed by atoms with Crippen LogP contribution >= 0.6 is 15.9 Å². The normalized spacial score (nSPS) is 10.5. The van der Waals surface area contributed by atoms with E-state index in [-0.39, 0.29) is 0 Å². The van der Waals surface area contributed by atoms with Crippen molar-refractivity contribution in [3.8, 4) is 5.75 Å². The maximum atomic E-state index is 5.72. The van der Waals surface area contributed by atoms with Gasteiger partial charge in [0.25, 0.3) is 0 Å². The molecule has 0 radical (unpaired) electrons. The van der Waals surface area contributed by atoms with Crippen molar-refractivity contribution in [3.63, 3.8) is 0 Å². The molecule has 2 aromatic rings. The van der Waals surface area contributed by atoms with Crippen molar-refractivity contribution in [2.75, 3.05) is 0 Å². The highest BCUT2D eigenvalue weighted by Crippen LogP contribution is 2.18. The van der Waals surface area contributed by atoms with Gasteiger partial charge in [-0.1, -0.05) is 22.0 Å². The second-order valence-electron chi connectivity index (χ2n) is 3.83. The van der Waals surface area contributed by atoms with E-state index in [1.165, 1.54) is 0 Å². The molecule has 0 fully saturated rings. The van der Waals surface area contributed by atoms with Gasteiger partial charge in [-0.05, 0) is 32.0 Å². The van der Waals surface area contributed by atoms with E-state index in [9.17, 15) is 0 Å². The summed E-state index contributed by atoms with van der Waals surface area (Å²) in [4.78, 5) is 4.45. The molecule has 0 aliphatic carbocycles. The van der Waals surface area contributed by atoms with Crippen molar-refractivity contribution in [1.29, 1.82) is 0 Å². The number of halogens is 1. The Morgan fingerprint density at radius 3 is 2.94 bits per heavy atom. The summed E-state index contributed by atoms with van der Waals surface area (Å²) in [6, 6.07) is 7.82. The van der Waals surface area contributed by atoms with Crippen LogP contribution in [0.25, 0.3) is 0 Å². The fraction of sp³-hybridized carbons (Fsp3) is 0.308. The molecule has 3 nitrogen and oxygen atoms in total. The fourth-order valence-corrected chi connectivity index (χ4v) is 2.07. The van der Waals surface area contributed by atoms with Crippen molar-refractivity contribution in [2.45, 2.75) is 27.0 Å². The van der Waals surface area contributed by atoms with Crippen molar-refractivity contribution in [3.05, 3.63) is 46.5 Å². The summed E-state index contributed by atoms with van der Waals surface area (Å²) in [7, 11) is 0. The highest BCUT2D eigenvalue weighted by Gasteiger charge is 2.05. The zero-order chi connectivity index (χ0) is 12.3. The molecular formula is C13H15BrN2O. The summed E-state index contributed by atoms with van der Waals surface area (Å²) < 4.78 is 8.84. The Labute approximate surface area is 110 Å². The lowest BCUT2D eigenvalue weighted by Crippen LogP contribution is -2.05. The topological polar surface area (TPSA) is 27.1 Å². The molecule has 17 heavy (non-hydrogen) atoms.